The standard InChI is InChI=1S/C4H8OS.C3H7NO/c1-2-5-4-6-3-1;1-2-5-3-4-1/h1-4H2;4H,1-3H2. The summed E-state index contributed by atoms with van der Waals surface area (Å²) < 4.78 is 9.87. The van der Waals surface area contributed by atoms with E-state index >= 15 is 0 Å². The fourth-order valence-corrected chi connectivity index (χ4v) is 1.48. The topological polar surface area (TPSA) is 30.5 Å². The van der Waals surface area contributed by atoms with Gasteiger partial charge < -0.3 is 9.47 Å². The molecular formula is C7H15NO2S. The van der Waals surface area contributed by atoms with Gasteiger partial charge in [0.2, 0.25) is 0 Å². The summed E-state index contributed by atoms with van der Waals surface area (Å²) in [6.07, 6.45) is 1.24. The molecule has 0 aliphatic carbocycles. The molecule has 0 aromatic rings. The van der Waals surface area contributed by atoms with E-state index in [1.807, 2.05) is 11.8 Å². The van der Waals surface area contributed by atoms with E-state index in [4.69, 9.17) is 9.47 Å². The van der Waals surface area contributed by atoms with E-state index in [9.17, 15) is 0 Å². The van der Waals surface area contributed by atoms with E-state index in [0.29, 0.717) is 0 Å². The summed E-state index contributed by atoms with van der Waals surface area (Å²) in [5.74, 6) is 2.21. The van der Waals surface area contributed by atoms with Crippen molar-refractivity contribution in [1.29, 1.82) is 0 Å². The summed E-state index contributed by atoms with van der Waals surface area (Å²) in [5, 5.41) is 3.00. The molecule has 0 aromatic heterocycles. The van der Waals surface area contributed by atoms with Gasteiger partial charge in [-0.05, 0) is 12.2 Å². The average molecular weight is 177 g/mol. The Labute approximate surface area is 71.8 Å². The van der Waals surface area contributed by atoms with E-state index in [2.05, 4.69) is 5.32 Å². The van der Waals surface area contributed by atoms with Crippen LogP contribution in [0.5, 0.6) is 0 Å². The molecule has 0 atom stereocenters. The van der Waals surface area contributed by atoms with Crippen LogP contribution in [0, 0.1) is 0 Å². The Hall–Kier alpha value is 0.230. The molecular weight excluding hydrogens is 162 g/mol. The molecule has 3 nitrogen and oxygen atoms in total. The number of hydrogen-bond acceptors (Lipinski definition) is 4. The summed E-state index contributed by atoms with van der Waals surface area (Å²) >= 11 is 1.87. The van der Waals surface area contributed by atoms with Crippen LogP contribution in [0.15, 0.2) is 0 Å². The molecule has 0 amide bonds. The second kappa shape index (κ2) is 6.91. The van der Waals surface area contributed by atoms with Crippen LogP contribution < -0.4 is 5.32 Å². The van der Waals surface area contributed by atoms with Gasteiger partial charge in [-0.15, -0.1) is 11.8 Å². The zero-order chi connectivity index (χ0) is 7.78. The minimum atomic E-state index is 0.750. The van der Waals surface area contributed by atoms with E-state index in [1.165, 1.54) is 12.2 Å². The minimum absolute atomic E-state index is 0.750. The van der Waals surface area contributed by atoms with Gasteiger partial charge in [-0.2, -0.15) is 0 Å². The summed E-state index contributed by atoms with van der Waals surface area (Å²) in [7, 11) is 0. The Balaban J connectivity index is 0.000000112. The quantitative estimate of drug-likeness (QED) is 0.589. The van der Waals surface area contributed by atoms with Gasteiger partial charge in [0.25, 0.3) is 0 Å². The lowest BCUT2D eigenvalue weighted by molar-refractivity contribution is 0.176. The predicted octanol–water partition coefficient (Wildman–Crippen LogP) is 0.661. The van der Waals surface area contributed by atoms with Crippen molar-refractivity contribution in [3.8, 4) is 0 Å². The van der Waals surface area contributed by atoms with Crippen LogP contribution in [-0.4, -0.2) is 38.2 Å². The Morgan fingerprint density at radius 3 is 2.36 bits per heavy atom. The monoisotopic (exact) mass is 177 g/mol. The Morgan fingerprint density at radius 2 is 2.18 bits per heavy atom. The highest BCUT2D eigenvalue weighted by Crippen LogP contribution is 2.07. The molecule has 4 heteroatoms. The highest BCUT2D eigenvalue weighted by Gasteiger charge is 1.95. The Bertz CT molecular complexity index is 65.4. The molecule has 2 aliphatic rings. The van der Waals surface area contributed by atoms with Gasteiger partial charge in [0.1, 0.15) is 0 Å². The van der Waals surface area contributed by atoms with E-state index < -0.39 is 0 Å². The first-order valence-electron chi connectivity index (χ1n) is 3.94. The summed E-state index contributed by atoms with van der Waals surface area (Å²) in [6, 6.07) is 0. The van der Waals surface area contributed by atoms with Crippen LogP contribution in [0.1, 0.15) is 6.42 Å². The van der Waals surface area contributed by atoms with Crippen molar-refractivity contribution in [1.82, 2.24) is 5.32 Å². The van der Waals surface area contributed by atoms with E-state index in [1.54, 1.807) is 0 Å². The fraction of sp³-hybridized carbons (Fsp3) is 1.00. The molecule has 2 rings (SSSR count). The third kappa shape index (κ3) is 5.49. The maximum absolute atomic E-state index is 5.03. The molecule has 0 spiro atoms. The van der Waals surface area contributed by atoms with E-state index in [0.717, 1.165) is 32.4 Å². The first-order chi connectivity index (χ1) is 5.50. The lowest BCUT2D eigenvalue weighted by Gasteiger charge is -2.07. The lowest BCUT2D eigenvalue weighted by Crippen LogP contribution is -2.05. The third-order valence-corrected chi connectivity index (χ3v) is 2.28. The van der Waals surface area contributed by atoms with Crippen LogP contribution in [0.2, 0.25) is 0 Å². The van der Waals surface area contributed by atoms with Crippen LogP contribution in [0.4, 0.5) is 0 Å². The number of hydrogen-bond donors (Lipinski definition) is 1. The SMILES string of the molecule is C1COCN1.C1COCSC1. The molecule has 0 bridgehead atoms. The molecule has 66 valence electrons. The largest absolute Gasteiger partial charge is 0.371 e. The van der Waals surface area contributed by atoms with Gasteiger partial charge >= 0.3 is 0 Å². The smallest absolute Gasteiger partial charge is 0.0966 e. The molecule has 2 aliphatic heterocycles. The maximum atomic E-state index is 5.03. The first kappa shape index (κ1) is 9.32. The molecule has 11 heavy (non-hydrogen) atoms. The van der Waals surface area contributed by atoms with Crippen molar-refractivity contribution in [2.45, 2.75) is 6.42 Å². The van der Waals surface area contributed by atoms with Gasteiger partial charge in [0.15, 0.2) is 0 Å². The highest BCUT2D eigenvalue weighted by atomic mass is 32.2. The molecule has 2 saturated heterocycles. The van der Waals surface area contributed by atoms with Crippen molar-refractivity contribution in [2.24, 2.45) is 0 Å². The summed E-state index contributed by atoms with van der Waals surface area (Å²) in [4.78, 5) is 0. The summed E-state index contributed by atoms with van der Waals surface area (Å²) in [5.41, 5.74) is 0. The number of nitrogens with one attached hydrogen (secondary N) is 1. The number of thioether (sulfide) groups is 1. The van der Waals surface area contributed by atoms with Crippen molar-refractivity contribution in [3.63, 3.8) is 0 Å². The number of ether oxygens (including phenoxy) is 2. The second-order valence-electron chi connectivity index (χ2n) is 2.34. The maximum Gasteiger partial charge on any atom is 0.0966 e. The van der Waals surface area contributed by atoms with Crippen molar-refractivity contribution in [2.75, 3.05) is 38.2 Å². The van der Waals surface area contributed by atoms with Gasteiger partial charge in [0, 0.05) is 13.2 Å². The molecule has 2 heterocycles. The van der Waals surface area contributed by atoms with Crippen LogP contribution >= 0.6 is 11.8 Å². The summed E-state index contributed by atoms with van der Waals surface area (Å²) in [6.45, 7) is 3.65. The zero-order valence-corrected chi connectivity index (χ0v) is 7.49. The van der Waals surface area contributed by atoms with Crippen molar-refractivity contribution in [3.05, 3.63) is 0 Å². The highest BCUT2D eigenvalue weighted by molar-refractivity contribution is 7.99. The second-order valence-corrected chi connectivity index (χ2v) is 3.39. The zero-order valence-electron chi connectivity index (χ0n) is 6.67. The van der Waals surface area contributed by atoms with E-state index in [-0.39, 0.29) is 0 Å². The molecule has 0 unspecified atom stereocenters. The number of rotatable bonds is 0. The average Bonchev–Trinajstić information content (AvgIpc) is 2.64. The molecule has 1 N–H and O–H groups in total. The van der Waals surface area contributed by atoms with Crippen molar-refractivity contribution >= 4 is 11.8 Å². The fourth-order valence-electron chi connectivity index (χ4n) is 0.801. The molecule has 0 aromatic carbocycles. The Morgan fingerprint density at radius 1 is 1.18 bits per heavy atom. The predicted molar refractivity (Wildman–Crippen MR) is 46.7 cm³/mol. The molecule has 0 saturated carbocycles. The third-order valence-electron chi connectivity index (χ3n) is 1.37. The lowest BCUT2D eigenvalue weighted by atomic mass is 10.5. The Kier molecular flexibility index (Phi) is 5.85. The van der Waals surface area contributed by atoms with Crippen LogP contribution in [0.3, 0.4) is 0 Å². The van der Waals surface area contributed by atoms with Gasteiger partial charge in [-0.25, -0.2) is 0 Å². The molecule has 0 radical (unpaired) electrons. The van der Waals surface area contributed by atoms with Gasteiger partial charge in [-0.1, -0.05) is 0 Å². The van der Waals surface area contributed by atoms with Crippen LogP contribution in [0.25, 0.3) is 0 Å². The van der Waals surface area contributed by atoms with Crippen LogP contribution in [-0.2, 0) is 9.47 Å². The van der Waals surface area contributed by atoms with Crippen molar-refractivity contribution < 1.29 is 9.47 Å². The van der Waals surface area contributed by atoms with Gasteiger partial charge in [0.05, 0.1) is 19.3 Å². The van der Waals surface area contributed by atoms with Gasteiger partial charge in [-0.3, -0.25) is 5.32 Å². The minimum Gasteiger partial charge on any atom is -0.371 e. The first-order valence-corrected chi connectivity index (χ1v) is 5.09. The molecule has 2 fully saturated rings. The normalized spacial score (nSPS) is 24.0.